The first-order valence-electron chi connectivity index (χ1n) is 19.1. The number of β-amino-alcohol motifs (C(OH)–C–C–N with tert-alkyl or cyclic N) is 1. The van der Waals surface area contributed by atoms with Crippen LogP contribution in [0.1, 0.15) is 59.1 Å². The Kier molecular flexibility index (Phi) is 12.2. The second kappa shape index (κ2) is 17.4. The van der Waals surface area contributed by atoms with E-state index >= 15 is 0 Å². The van der Waals surface area contributed by atoms with Crippen LogP contribution >= 0.6 is 11.6 Å². The molecule has 4 aromatic rings. The highest BCUT2D eigenvalue weighted by molar-refractivity contribution is 6.32. The molecule has 0 aliphatic carbocycles. The number of fused-ring (bicyclic) bond motifs is 1. The normalized spacial score (nSPS) is 19.0. The Morgan fingerprint density at radius 1 is 1.00 bits per heavy atom. The fourth-order valence-corrected chi connectivity index (χ4v) is 8.39. The zero-order valence-corrected chi connectivity index (χ0v) is 31.8. The second-order valence-electron chi connectivity index (χ2n) is 14.8. The Bertz CT molecular complexity index is 2050. The molecule has 0 spiro atoms. The number of rotatable bonds is 14. The number of nitrogens with zero attached hydrogens (tertiary/aromatic N) is 5. The first-order valence-corrected chi connectivity index (χ1v) is 19.4. The van der Waals surface area contributed by atoms with Gasteiger partial charge in [-0.2, -0.15) is 5.26 Å². The van der Waals surface area contributed by atoms with Gasteiger partial charge in [-0.3, -0.25) is 14.7 Å². The first-order chi connectivity index (χ1) is 26.7. The number of aliphatic carboxylic acids is 1. The lowest BCUT2D eigenvalue weighted by Crippen LogP contribution is -2.36. The van der Waals surface area contributed by atoms with Crippen LogP contribution in [-0.2, 0) is 31.0 Å². The maximum atomic E-state index is 13.6. The summed E-state index contributed by atoms with van der Waals surface area (Å²) in [6.45, 7) is 7.55. The van der Waals surface area contributed by atoms with Crippen molar-refractivity contribution < 1.29 is 28.9 Å². The molecule has 3 aliphatic rings. The molecule has 0 amide bonds. The monoisotopic (exact) mass is 767 g/mol. The van der Waals surface area contributed by atoms with Gasteiger partial charge in [0.2, 0.25) is 0 Å². The van der Waals surface area contributed by atoms with Crippen LogP contribution in [0.5, 0.6) is 11.5 Å². The number of anilines is 1. The van der Waals surface area contributed by atoms with E-state index in [1.807, 2.05) is 0 Å². The average Bonchev–Trinajstić information content (AvgIpc) is 3.78. The summed E-state index contributed by atoms with van der Waals surface area (Å²) in [6.07, 6.45) is 5.17. The molecule has 2 N–H and O–H groups in total. The van der Waals surface area contributed by atoms with Crippen LogP contribution in [0.2, 0.25) is 5.02 Å². The predicted molar refractivity (Wildman–Crippen MR) is 209 cm³/mol. The van der Waals surface area contributed by atoms with Crippen molar-refractivity contribution in [1.29, 1.82) is 5.26 Å². The highest BCUT2D eigenvalue weighted by atomic mass is 35.5. The number of aliphatic hydroxyl groups excluding tert-OH is 1. The van der Waals surface area contributed by atoms with Gasteiger partial charge in [-0.25, -0.2) is 4.39 Å². The molecule has 2 saturated heterocycles. The third-order valence-electron chi connectivity index (χ3n) is 11.1. The van der Waals surface area contributed by atoms with E-state index in [0.29, 0.717) is 46.1 Å². The quantitative estimate of drug-likeness (QED) is 0.140. The maximum Gasteiger partial charge on any atom is 0.321 e. The average molecular weight is 768 g/mol. The van der Waals surface area contributed by atoms with Gasteiger partial charge in [0.05, 0.1) is 16.7 Å². The fraction of sp³-hybridized carbons (Fsp3) is 0.419. The van der Waals surface area contributed by atoms with Gasteiger partial charge in [0.15, 0.2) is 0 Å². The minimum atomic E-state index is -0.998. The fourth-order valence-electron chi connectivity index (χ4n) is 8.15. The first kappa shape index (κ1) is 38.5. The zero-order chi connectivity index (χ0) is 38.5. The van der Waals surface area contributed by atoms with Crippen molar-refractivity contribution in [2.45, 2.75) is 77.1 Å². The summed E-state index contributed by atoms with van der Waals surface area (Å²) in [5, 5.41) is 29.8. The molecular formula is C43H47ClFN5O5. The van der Waals surface area contributed by atoms with Crippen LogP contribution in [0.25, 0.3) is 11.1 Å². The van der Waals surface area contributed by atoms with E-state index in [9.17, 15) is 24.7 Å². The molecule has 0 bridgehead atoms. The van der Waals surface area contributed by atoms with Gasteiger partial charge < -0.3 is 29.5 Å². The van der Waals surface area contributed by atoms with E-state index in [-0.39, 0.29) is 32.7 Å². The third kappa shape index (κ3) is 9.05. The molecule has 3 aromatic carbocycles. The maximum absolute atomic E-state index is 13.6. The molecule has 7 rings (SSSR count). The number of benzene rings is 3. The summed E-state index contributed by atoms with van der Waals surface area (Å²) >= 11 is 6.83. The predicted octanol–water partition coefficient (Wildman–Crippen LogP) is 6.95. The number of pyridine rings is 1. The summed E-state index contributed by atoms with van der Waals surface area (Å²) in [5.74, 6) is -0.135. The van der Waals surface area contributed by atoms with Gasteiger partial charge in [0.25, 0.3) is 0 Å². The highest BCUT2D eigenvalue weighted by Crippen LogP contribution is 2.39. The highest BCUT2D eigenvalue weighted by Gasteiger charge is 2.36. The molecule has 288 valence electrons. The number of alkyl halides is 1. The van der Waals surface area contributed by atoms with E-state index in [1.165, 1.54) is 23.0 Å². The summed E-state index contributed by atoms with van der Waals surface area (Å²) in [6, 6.07) is 19.2. The molecule has 2 fully saturated rings. The van der Waals surface area contributed by atoms with Gasteiger partial charge in [-0.1, -0.05) is 41.9 Å². The van der Waals surface area contributed by atoms with Crippen LogP contribution in [0.3, 0.4) is 0 Å². The molecule has 0 saturated carbocycles. The van der Waals surface area contributed by atoms with Crippen molar-refractivity contribution in [3.8, 4) is 28.7 Å². The van der Waals surface area contributed by atoms with Gasteiger partial charge in [0, 0.05) is 81.0 Å². The number of carbonyl (C=O) groups is 1. The Morgan fingerprint density at radius 3 is 2.58 bits per heavy atom. The lowest BCUT2D eigenvalue weighted by molar-refractivity contribution is -0.142. The summed E-state index contributed by atoms with van der Waals surface area (Å²) in [4.78, 5) is 22.7. The van der Waals surface area contributed by atoms with E-state index < -0.39 is 24.3 Å². The molecule has 10 nitrogen and oxygen atoms in total. The number of aliphatic hydroxyl groups is 1. The number of ether oxygens (including phenoxy) is 2. The number of aromatic nitrogens is 1. The van der Waals surface area contributed by atoms with E-state index in [0.717, 1.165) is 62.3 Å². The van der Waals surface area contributed by atoms with Crippen molar-refractivity contribution in [3.05, 3.63) is 105 Å². The number of hydrogen-bond acceptors (Lipinski definition) is 9. The van der Waals surface area contributed by atoms with Crippen LogP contribution in [-0.4, -0.2) is 88.6 Å². The second-order valence-corrected chi connectivity index (χ2v) is 15.2. The standard InChI is InChI=1S/C43H47ClFN5O5/c1-28-31(5-2-6-35(28)36-7-3-8-39-37(36)11-16-49(39)13-4-12-48-14-9-33(45)10-15-48)27-55-42-20-41(54-26-30-17-29(21-46)22-47-23-30)32(18-38(42)44)24-50-25-34(51)19-40(50)43(52)53/h2-3,5-8,17-18,20,22-23,33-34,40,51H,4,9-16,19,24-27H2,1H3,(H,52,53). The molecule has 2 unspecified atom stereocenters. The molecule has 1 aromatic heterocycles. The molecular weight excluding hydrogens is 721 g/mol. The number of piperidine rings is 1. The van der Waals surface area contributed by atoms with Crippen molar-refractivity contribution in [3.63, 3.8) is 0 Å². The smallest absolute Gasteiger partial charge is 0.321 e. The zero-order valence-electron chi connectivity index (χ0n) is 31.1. The Hall–Kier alpha value is -4.73. The van der Waals surface area contributed by atoms with Crippen LogP contribution in [0, 0.1) is 18.3 Å². The Morgan fingerprint density at radius 2 is 1.78 bits per heavy atom. The molecule has 3 aliphatic heterocycles. The van der Waals surface area contributed by atoms with Crippen molar-refractivity contribution >= 4 is 23.3 Å². The lowest BCUT2D eigenvalue weighted by atomic mass is 9.92. The minimum Gasteiger partial charge on any atom is -0.488 e. The summed E-state index contributed by atoms with van der Waals surface area (Å²) in [5.41, 5.74) is 8.91. The van der Waals surface area contributed by atoms with E-state index in [4.69, 9.17) is 21.1 Å². The molecule has 0 radical (unpaired) electrons. The van der Waals surface area contributed by atoms with E-state index in [2.05, 4.69) is 64.2 Å². The van der Waals surface area contributed by atoms with Crippen molar-refractivity contribution in [1.82, 2.24) is 14.8 Å². The Labute approximate surface area is 326 Å². The Balaban J connectivity index is 1.08. The number of hydrogen-bond donors (Lipinski definition) is 2. The summed E-state index contributed by atoms with van der Waals surface area (Å²) < 4.78 is 26.2. The number of nitriles is 1. The van der Waals surface area contributed by atoms with E-state index in [1.54, 1.807) is 29.3 Å². The number of halogens is 2. The van der Waals surface area contributed by atoms with Crippen molar-refractivity contribution in [2.75, 3.05) is 44.2 Å². The number of likely N-dealkylation sites (tertiary alicyclic amines) is 2. The van der Waals surface area contributed by atoms with Gasteiger partial charge in [-0.15, -0.1) is 0 Å². The molecule has 55 heavy (non-hydrogen) atoms. The number of carboxylic acid groups (broad SMARTS) is 1. The van der Waals surface area contributed by atoms with Crippen LogP contribution < -0.4 is 14.4 Å². The van der Waals surface area contributed by atoms with Gasteiger partial charge >= 0.3 is 5.97 Å². The summed E-state index contributed by atoms with van der Waals surface area (Å²) in [7, 11) is 0. The molecule has 2 atom stereocenters. The van der Waals surface area contributed by atoms with Gasteiger partial charge in [-0.05, 0) is 85.2 Å². The lowest BCUT2D eigenvalue weighted by Gasteiger charge is -2.29. The minimum absolute atomic E-state index is 0.112. The SMILES string of the molecule is Cc1c(COc2cc(OCc3cncc(C#N)c3)c(CN3CC(O)CC3C(=O)O)cc2Cl)cccc1-c1cccc2c1CCN2CCCN1CCC(F)CC1. The van der Waals surface area contributed by atoms with Crippen LogP contribution in [0.4, 0.5) is 10.1 Å². The molecule has 12 heteroatoms. The largest absolute Gasteiger partial charge is 0.488 e. The third-order valence-corrected chi connectivity index (χ3v) is 11.4. The van der Waals surface area contributed by atoms with Crippen LogP contribution in [0.15, 0.2) is 67.0 Å². The van der Waals surface area contributed by atoms with Crippen molar-refractivity contribution in [2.24, 2.45) is 0 Å². The van der Waals surface area contributed by atoms with Gasteiger partial charge in [0.1, 0.15) is 43.0 Å². The molecule has 4 heterocycles. The topological polar surface area (TPSA) is 122 Å². The number of carboxylic acids is 1.